The van der Waals surface area contributed by atoms with Crippen LogP contribution in [0.2, 0.25) is 0 Å². The first-order valence-corrected chi connectivity index (χ1v) is 7.51. The van der Waals surface area contributed by atoms with Gasteiger partial charge in [0, 0.05) is 10.9 Å². The second-order valence-corrected chi connectivity index (χ2v) is 6.08. The Morgan fingerprint density at radius 1 is 1.12 bits per heavy atom. The lowest BCUT2D eigenvalue weighted by atomic mass is 10.1. The summed E-state index contributed by atoms with van der Waals surface area (Å²) >= 11 is 1.97. The zero-order valence-electron chi connectivity index (χ0n) is 11.5. The quantitative estimate of drug-likeness (QED) is 0.576. The molecule has 0 atom stereocenters. The van der Waals surface area contributed by atoms with Crippen LogP contribution in [0.4, 0.5) is 0 Å². The third-order valence-electron chi connectivity index (χ3n) is 2.87. The van der Waals surface area contributed by atoms with E-state index in [1.165, 1.54) is 34.6 Å². The molecule has 0 saturated heterocycles. The van der Waals surface area contributed by atoms with Crippen molar-refractivity contribution in [1.82, 2.24) is 5.32 Å². The van der Waals surface area contributed by atoms with Crippen LogP contribution in [0, 0.1) is 13.8 Å². The lowest BCUT2D eigenvalue weighted by Gasteiger charge is -2.08. The number of hydrogen-bond donors (Lipinski definition) is 1. The molecule has 0 radical (unpaired) electrons. The molecule has 0 aliphatic carbocycles. The van der Waals surface area contributed by atoms with E-state index in [4.69, 9.17) is 0 Å². The van der Waals surface area contributed by atoms with Crippen LogP contribution in [0.1, 0.15) is 37.8 Å². The number of nitrogens with one attached hydrogen (secondary N) is 1. The fraction of sp³-hybridized carbons (Fsp3) is 0.600. The van der Waals surface area contributed by atoms with Crippen molar-refractivity contribution in [3.8, 4) is 0 Å². The summed E-state index contributed by atoms with van der Waals surface area (Å²) in [6, 6.07) is 7.37. The fourth-order valence-corrected chi connectivity index (χ4v) is 2.62. The number of hydrogen-bond acceptors (Lipinski definition) is 2. The smallest absolute Gasteiger partial charge is 0.00747 e. The molecule has 0 spiro atoms. The molecule has 0 unspecified atom stereocenters. The molecule has 1 rings (SSSR count). The van der Waals surface area contributed by atoms with Crippen molar-refractivity contribution in [3.63, 3.8) is 0 Å². The maximum atomic E-state index is 3.45. The first-order chi connectivity index (χ1) is 8.09. The number of thioether (sulfide) groups is 1. The van der Waals surface area contributed by atoms with E-state index >= 15 is 0 Å². The Morgan fingerprint density at radius 3 is 2.53 bits per heavy atom. The van der Waals surface area contributed by atoms with Gasteiger partial charge in [0.05, 0.1) is 0 Å². The average Bonchev–Trinajstić information content (AvgIpc) is 2.27. The van der Waals surface area contributed by atoms with Crippen LogP contribution < -0.4 is 5.32 Å². The van der Waals surface area contributed by atoms with Gasteiger partial charge in [-0.2, -0.15) is 0 Å². The molecule has 0 aliphatic rings. The highest BCUT2D eigenvalue weighted by Gasteiger charge is 1.98. The van der Waals surface area contributed by atoms with Crippen LogP contribution in [0.15, 0.2) is 23.1 Å². The molecule has 0 aromatic heterocycles. The molecule has 1 aromatic carbocycles. The zero-order valence-corrected chi connectivity index (χ0v) is 12.4. The van der Waals surface area contributed by atoms with Gasteiger partial charge in [-0.05, 0) is 62.2 Å². The van der Waals surface area contributed by atoms with Gasteiger partial charge in [0.2, 0.25) is 0 Å². The predicted octanol–water partition coefficient (Wildman–Crippen LogP) is 4.17. The summed E-state index contributed by atoms with van der Waals surface area (Å²) in [5, 5.41) is 3.45. The van der Waals surface area contributed by atoms with Crippen molar-refractivity contribution in [2.45, 2.75) is 51.5 Å². The minimum atomic E-state index is 0.613. The van der Waals surface area contributed by atoms with Gasteiger partial charge in [0.25, 0.3) is 0 Å². The standard InChI is InChI=1S/C15H25NS/c1-12(2)16-9-5-6-10-17-15-8-7-13(3)14(4)11-15/h7-8,11-12,16H,5-6,9-10H2,1-4H3. The molecular weight excluding hydrogens is 226 g/mol. The molecule has 0 heterocycles. The second-order valence-electron chi connectivity index (χ2n) is 4.91. The van der Waals surface area contributed by atoms with E-state index < -0.39 is 0 Å². The molecular formula is C15H25NS. The van der Waals surface area contributed by atoms with E-state index in [1.54, 1.807) is 0 Å². The molecule has 17 heavy (non-hydrogen) atoms. The topological polar surface area (TPSA) is 12.0 Å². The van der Waals surface area contributed by atoms with Crippen molar-refractivity contribution in [1.29, 1.82) is 0 Å². The zero-order chi connectivity index (χ0) is 12.7. The summed E-state index contributed by atoms with van der Waals surface area (Å²) in [5.41, 5.74) is 2.78. The van der Waals surface area contributed by atoms with Gasteiger partial charge in [-0.1, -0.05) is 19.9 Å². The largest absolute Gasteiger partial charge is 0.315 e. The van der Waals surface area contributed by atoms with Gasteiger partial charge in [-0.3, -0.25) is 0 Å². The van der Waals surface area contributed by atoms with Crippen LogP contribution in [0.5, 0.6) is 0 Å². The lowest BCUT2D eigenvalue weighted by Crippen LogP contribution is -2.23. The van der Waals surface area contributed by atoms with Crippen molar-refractivity contribution < 1.29 is 0 Å². The van der Waals surface area contributed by atoms with Crippen LogP contribution in [-0.2, 0) is 0 Å². The molecule has 1 aromatic rings. The van der Waals surface area contributed by atoms with Crippen LogP contribution in [0.3, 0.4) is 0 Å². The van der Waals surface area contributed by atoms with Gasteiger partial charge < -0.3 is 5.32 Å². The van der Waals surface area contributed by atoms with Crippen LogP contribution >= 0.6 is 11.8 Å². The molecule has 1 nitrogen and oxygen atoms in total. The van der Waals surface area contributed by atoms with Crippen LogP contribution in [0.25, 0.3) is 0 Å². The summed E-state index contributed by atoms with van der Waals surface area (Å²) < 4.78 is 0. The summed E-state index contributed by atoms with van der Waals surface area (Å²) in [4.78, 5) is 1.41. The third-order valence-corrected chi connectivity index (χ3v) is 3.95. The molecule has 0 bridgehead atoms. The van der Waals surface area contributed by atoms with Crippen molar-refractivity contribution >= 4 is 11.8 Å². The maximum Gasteiger partial charge on any atom is 0.00747 e. The van der Waals surface area contributed by atoms with E-state index in [2.05, 4.69) is 51.2 Å². The molecule has 0 saturated carbocycles. The van der Waals surface area contributed by atoms with Gasteiger partial charge >= 0.3 is 0 Å². The normalized spacial score (nSPS) is 11.1. The Kier molecular flexibility index (Phi) is 6.68. The Balaban J connectivity index is 2.16. The van der Waals surface area contributed by atoms with Gasteiger partial charge in [0.1, 0.15) is 0 Å². The first kappa shape index (κ1) is 14.6. The van der Waals surface area contributed by atoms with E-state index in [9.17, 15) is 0 Å². The Hall–Kier alpha value is -0.470. The molecule has 0 aliphatic heterocycles. The van der Waals surface area contributed by atoms with Crippen LogP contribution in [-0.4, -0.2) is 18.3 Å². The summed E-state index contributed by atoms with van der Waals surface area (Å²) in [6.45, 7) is 9.89. The maximum absolute atomic E-state index is 3.45. The fourth-order valence-electron chi connectivity index (χ4n) is 1.61. The highest BCUT2D eigenvalue weighted by Crippen LogP contribution is 2.21. The first-order valence-electron chi connectivity index (χ1n) is 6.53. The highest BCUT2D eigenvalue weighted by molar-refractivity contribution is 7.99. The minimum Gasteiger partial charge on any atom is -0.315 e. The van der Waals surface area contributed by atoms with E-state index in [0.717, 1.165) is 6.54 Å². The third kappa shape index (κ3) is 6.13. The van der Waals surface area contributed by atoms with Gasteiger partial charge in [-0.25, -0.2) is 0 Å². The molecule has 96 valence electrons. The highest BCUT2D eigenvalue weighted by atomic mass is 32.2. The van der Waals surface area contributed by atoms with Crippen molar-refractivity contribution in [2.75, 3.05) is 12.3 Å². The second kappa shape index (κ2) is 7.78. The molecule has 2 heteroatoms. The number of unbranched alkanes of at least 4 members (excludes halogenated alkanes) is 1. The van der Waals surface area contributed by atoms with Crippen molar-refractivity contribution in [3.05, 3.63) is 29.3 Å². The Morgan fingerprint density at radius 2 is 1.88 bits per heavy atom. The Bertz CT molecular complexity index is 334. The van der Waals surface area contributed by atoms with E-state index in [-0.39, 0.29) is 0 Å². The number of benzene rings is 1. The lowest BCUT2D eigenvalue weighted by molar-refractivity contribution is 0.567. The predicted molar refractivity (Wildman–Crippen MR) is 79.0 cm³/mol. The minimum absolute atomic E-state index is 0.613. The molecule has 0 amide bonds. The average molecular weight is 251 g/mol. The van der Waals surface area contributed by atoms with Gasteiger partial charge in [-0.15, -0.1) is 11.8 Å². The molecule has 1 N–H and O–H groups in total. The Labute approximate surface area is 110 Å². The van der Waals surface area contributed by atoms with Gasteiger partial charge in [0.15, 0.2) is 0 Å². The SMILES string of the molecule is Cc1ccc(SCCCCNC(C)C)cc1C. The van der Waals surface area contributed by atoms with E-state index in [1.807, 2.05) is 11.8 Å². The monoisotopic (exact) mass is 251 g/mol. The number of aryl methyl sites for hydroxylation is 2. The summed E-state index contributed by atoms with van der Waals surface area (Å²) in [7, 11) is 0. The summed E-state index contributed by atoms with van der Waals surface area (Å²) in [5.74, 6) is 1.22. The number of rotatable bonds is 7. The van der Waals surface area contributed by atoms with Crippen molar-refractivity contribution in [2.24, 2.45) is 0 Å². The molecule has 0 fully saturated rings. The van der Waals surface area contributed by atoms with E-state index in [0.29, 0.717) is 6.04 Å². The summed E-state index contributed by atoms with van der Waals surface area (Å²) in [6.07, 6.45) is 2.56.